The predicted molar refractivity (Wildman–Crippen MR) is 78.6 cm³/mol. The van der Waals surface area contributed by atoms with Gasteiger partial charge in [0.05, 0.1) is 4.92 Å². The van der Waals surface area contributed by atoms with Gasteiger partial charge in [-0.3, -0.25) is 10.1 Å². The van der Waals surface area contributed by atoms with Gasteiger partial charge in [0, 0.05) is 27.7 Å². The molecule has 0 aliphatic heterocycles. The summed E-state index contributed by atoms with van der Waals surface area (Å²) in [6, 6.07) is 9.53. The van der Waals surface area contributed by atoms with Crippen molar-refractivity contribution in [3.63, 3.8) is 0 Å². The summed E-state index contributed by atoms with van der Waals surface area (Å²) in [5.41, 5.74) is 1.45. The van der Waals surface area contributed by atoms with Gasteiger partial charge in [-0.15, -0.1) is 0 Å². The molecule has 6 heteroatoms. The number of nitrogens with zero attached hydrogens (tertiary/aromatic N) is 1. The molecule has 0 unspecified atom stereocenters. The van der Waals surface area contributed by atoms with Crippen LogP contribution in [0, 0.1) is 17.0 Å². The molecule has 0 spiro atoms. The zero-order chi connectivity index (χ0) is 14.7. The van der Waals surface area contributed by atoms with Crippen molar-refractivity contribution in [1.82, 2.24) is 0 Å². The number of hydrogen-bond donors (Lipinski definition) is 0. The Kier molecular flexibility index (Phi) is 4.47. The van der Waals surface area contributed by atoms with Crippen LogP contribution in [0.1, 0.15) is 11.1 Å². The molecule has 2 rings (SSSR count). The second-order valence-corrected chi connectivity index (χ2v) is 5.05. The molecule has 0 N–H and O–H groups in total. The van der Waals surface area contributed by atoms with Crippen LogP contribution in [0.5, 0.6) is 5.75 Å². The highest BCUT2D eigenvalue weighted by molar-refractivity contribution is 6.31. The first-order valence-electron chi connectivity index (χ1n) is 5.79. The van der Waals surface area contributed by atoms with Gasteiger partial charge in [0.15, 0.2) is 0 Å². The van der Waals surface area contributed by atoms with E-state index in [0.717, 1.165) is 5.56 Å². The zero-order valence-corrected chi connectivity index (χ0v) is 12.1. The smallest absolute Gasteiger partial charge is 0.269 e. The fourth-order valence-electron chi connectivity index (χ4n) is 1.65. The Labute approximate surface area is 126 Å². The first-order valence-corrected chi connectivity index (χ1v) is 6.55. The van der Waals surface area contributed by atoms with Crippen LogP contribution in [0.25, 0.3) is 0 Å². The minimum atomic E-state index is -0.466. The lowest BCUT2D eigenvalue weighted by Gasteiger charge is -2.09. The minimum absolute atomic E-state index is 0.0136. The van der Waals surface area contributed by atoms with Crippen molar-refractivity contribution in [2.75, 3.05) is 0 Å². The molecule has 0 radical (unpaired) electrons. The third-order valence-electron chi connectivity index (χ3n) is 2.76. The summed E-state index contributed by atoms with van der Waals surface area (Å²) in [5.74, 6) is 0.634. The largest absolute Gasteiger partial charge is 0.489 e. The van der Waals surface area contributed by atoms with E-state index in [-0.39, 0.29) is 12.3 Å². The molecular weight excluding hydrogens is 301 g/mol. The fourth-order valence-corrected chi connectivity index (χ4v) is 1.94. The number of hydrogen-bond acceptors (Lipinski definition) is 3. The molecule has 0 heterocycles. The van der Waals surface area contributed by atoms with Gasteiger partial charge in [-0.2, -0.15) is 0 Å². The normalized spacial score (nSPS) is 10.3. The predicted octanol–water partition coefficient (Wildman–Crippen LogP) is 4.79. The topological polar surface area (TPSA) is 52.4 Å². The van der Waals surface area contributed by atoms with E-state index in [1.54, 1.807) is 18.2 Å². The number of benzene rings is 2. The third-order valence-corrected chi connectivity index (χ3v) is 3.56. The Balaban J connectivity index is 2.15. The van der Waals surface area contributed by atoms with Crippen molar-refractivity contribution >= 4 is 28.9 Å². The first kappa shape index (κ1) is 14.6. The molecule has 0 saturated heterocycles. The van der Waals surface area contributed by atoms with Gasteiger partial charge >= 0.3 is 0 Å². The molecule has 4 nitrogen and oxygen atoms in total. The number of ether oxygens (including phenoxy) is 1. The number of aryl methyl sites for hydroxylation is 1. The molecule has 2 aromatic carbocycles. The standard InChI is InChI=1S/C14H11Cl2NO3/c1-9-6-12(3-5-13(9)15)20-8-10-7-11(17(18)19)2-4-14(10)16/h2-7H,8H2,1H3. The van der Waals surface area contributed by atoms with E-state index in [0.29, 0.717) is 21.4 Å². The van der Waals surface area contributed by atoms with Gasteiger partial charge in [-0.25, -0.2) is 0 Å². The van der Waals surface area contributed by atoms with Crippen molar-refractivity contribution < 1.29 is 9.66 Å². The summed E-state index contributed by atoms with van der Waals surface area (Å²) in [6.45, 7) is 2.02. The van der Waals surface area contributed by atoms with Gasteiger partial charge in [-0.05, 0) is 36.8 Å². The minimum Gasteiger partial charge on any atom is -0.489 e. The molecule has 0 aliphatic rings. The molecule has 20 heavy (non-hydrogen) atoms. The molecule has 0 saturated carbocycles. The van der Waals surface area contributed by atoms with Crippen LogP contribution < -0.4 is 4.74 Å². The van der Waals surface area contributed by atoms with Crippen molar-refractivity contribution in [3.05, 3.63) is 67.7 Å². The fraction of sp³-hybridized carbons (Fsp3) is 0.143. The van der Waals surface area contributed by atoms with E-state index in [4.69, 9.17) is 27.9 Å². The van der Waals surface area contributed by atoms with E-state index in [2.05, 4.69) is 0 Å². The molecular formula is C14H11Cl2NO3. The molecule has 0 aromatic heterocycles. The SMILES string of the molecule is Cc1cc(OCc2cc([N+](=O)[O-])ccc2Cl)ccc1Cl. The quantitative estimate of drug-likeness (QED) is 0.602. The Morgan fingerprint density at radius 2 is 1.85 bits per heavy atom. The van der Waals surface area contributed by atoms with Gasteiger partial charge in [-0.1, -0.05) is 23.2 Å². The second-order valence-electron chi connectivity index (χ2n) is 4.23. The van der Waals surface area contributed by atoms with Crippen LogP contribution in [0.3, 0.4) is 0 Å². The maximum absolute atomic E-state index is 10.7. The van der Waals surface area contributed by atoms with Crippen LogP contribution in [0.2, 0.25) is 10.0 Å². The van der Waals surface area contributed by atoms with E-state index >= 15 is 0 Å². The van der Waals surface area contributed by atoms with Gasteiger partial charge in [0.1, 0.15) is 12.4 Å². The highest BCUT2D eigenvalue weighted by Gasteiger charge is 2.10. The zero-order valence-electron chi connectivity index (χ0n) is 10.6. The Morgan fingerprint density at radius 3 is 2.50 bits per heavy atom. The van der Waals surface area contributed by atoms with Crippen LogP contribution in [0.15, 0.2) is 36.4 Å². The Hall–Kier alpha value is -1.78. The van der Waals surface area contributed by atoms with E-state index in [1.807, 2.05) is 6.92 Å². The Morgan fingerprint density at radius 1 is 1.15 bits per heavy atom. The summed E-state index contributed by atoms with van der Waals surface area (Å²) < 4.78 is 5.58. The van der Waals surface area contributed by atoms with E-state index in [1.165, 1.54) is 18.2 Å². The summed E-state index contributed by atoms with van der Waals surface area (Å²) in [4.78, 5) is 10.3. The Bertz CT molecular complexity index is 659. The molecule has 2 aromatic rings. The number of nitro groups is 1. The molecule has 0 fully saturated rings. The van der Waals surface area contributed by atoms with Gasteiger partial charge < -0.3 is 4.74 Å². The van der Waals surface area contributed by atoms with Crippen LogP contribution in [0.4, 0.5) is 5.69 Å². The van der Waals surface area contributed by atoms with Gasteiger partial charge in [0.25, 0.3) is 5.69 Å². The maximum atomic E-state index is 10.7. The van der Waals surface area contributed by atoms with E-state index < -0.39 is 4.92 Å². The summed E-state index contributed by atoms with van der Waals surface area (Å²) in [5, 5.41) is 11.8. The maximum Gasteiger partial charge on any atom is 0.269 e. The lowest BCUT2D eigenvalue weighted by atomic mass is 10.2. The summed E-state index contributed by atoms with van der Waals surface area (Å²) >= 11 is 11.9. The molecule has 0 amide bonds. The van der Waals surface area contributed by atoms with Crippen molar-refractivity contribution in [2.45, 2.75) is 13.5 Å². The highest BCUT2D eigenvalue weighted by atomic mass is 35.5. The van der Waals surface area contributed by atoms with Gasteiger partial charge in [0.2, 0.25) is 0 Å². The van der Waals surface area contributed by atoms with Crippen molar-refractivity contribution in [2.24, 2.45) is 0 Å². The molecule has 0 atom stereocenters. The average molecular weight is 312 g/mol. The summed E-state index contributed by atoms with van der Waals surface area (Å²) in [6.07, 6.45) is 0. The van der Waals surface area contributed by atoms with E-state index in [9.17, 15) is 10.1 Å². The molecule has 0 aliphatic carbocycles. The average Bonchev–Trinajstić information content (AvgIpc) is 2.41. The van der Waals surface area contributed by atoms with Crippen LogP contribution in [-0.2, 0) is 6.61 Å². The monoisotopic (exact) mass is 311 g/mol. The molecule has 0 bridgehead atoms. The van der Waals surface area contributed by atoms with Crippen LogP contribution >= 0.6 is 23.2 Å². The lowest BCUT2D eigenvalue weighted by Crippen LogP contribution is -1.98. The third kappa shape index (κ3) is 3.40. The van der Waals surface area contributed by atoms with Crippen molar-refractivity contribution in [1.29, 1.82) is 0 Å². The number of rotatable bonds is 4. The highest BCUT2D eigenvalue weighted by Crippen LogP contribution is 2.25. The molecule has 104 valence electrons. The lowest BCUT2D eigenvalue weighted by molar-refractivity contribution is -0.384. The van der Waals surface area contributed by atoms with Crippen LogP contribution in [-0.4, -0.2) is 4.92 Å². The second kappa shape index (κ2) is 6.11. The number of non-ortho nitro benzene ring substituents is 1. The first-order chi connectivity index (χ1) is 9.47. The number of halogens is 2. The van der Waals surface area contributed by atoms with Crippen molar-refractivity contribution in [3.8, 4) is 5.75 Å². The number of nitro benzene ring substituents is 1. The summed E-state index contributed by atoms with van der Waals surface area (Å²) in [7, 11) is 0.